The van der Waals surface area contributed by atoms with Crippen LogP contribution in [-0.2, 0) is 4.74 Å². The van der Waals surface area contributed by atoms with E-state index in [1.54, 1.807) is 0 Å². The molecule has 0 aromatic carbocycles. The summed E-state index contributed by atoms with van der Waals surface area (Å²) in [4.78, 5) is 12.3. The summed E-state index contributed by atoms with van der Waals surface area (Å²) in [6, 6.07) is 0. The van der Waals surface area contributed by atoms with Crippen molar-refractivity contribution in [2.75, 3.05) is 30.7 Å². The Balaban J connectivity index is 2.09. The van der Waals surface area contributed by atoms with Crippen molar-refractivity contribution in [2.45, 2.75) is 24.5 Å². The Bertz CT molecular complexity index is 693. The zero-order valence-electron chi connectivity index (χ0n) is 12.2. The Hall–Kier alpha value is -2.05. The van der Waals surface area contributed by atoms with Crippen LogP contribution < -0.4 is 16.8 Å². The monoisotopic (exact) mass is 325 g/mol. The maximum Gasteiger partial charge on any atom is 0.207 e. The van der Waals surface area contributed by atoms with Gasteiger partial charge >= 0.3 is 0 Å². The second kappa shape index (κ2) is 6.22. The number of aromatic nitrogens is 4. The van der Waals surface area contributed by atoms with Gasteiger partial charge in [-0.3, -0.25) is 4.57 Å². The number of fused-ring (bicyclic) bond motifs is 1. The van der Waals surface area contributed by atoms with Crippen molar-refractivity contribution < 1.29 is 20.1 Å². The van der Waals surface area contributed by atoms with E-state index in [1.165, 1.54) is 10.9 Å². The number of aliphatic hydroxyl groups excluding tert-OH is 3. The van der Waals surface area contributed by atoms with Gasteiger partial charge in [-0.1, -0.05) is 0 Å². The van der Waals surface area contributed by atoms with Crippen molar-refractivity contribution in [3.05, 3.63) is 6.33 Å². The van der Waals surface area contributed by atoms with Crippen LogP contribution >= 0.6 is 0 Å². The van der Waals surface area contributed by atoms with Gasteiger partial charge in [-0.15, -0.1) is 0 Å². The molecule has 2 aromatic heterocycles. The molecular formula is C12H19N7O4. The SMILES string of the molecule is NCCNc1nc2c(N)ncnc2n1[C@@H]1O[C@H](CO)[C@H](O)[C@H]1O. The van der Waals surface area contributed by atoms with Gasteiger partial charge in [0.2, 0.25) is 5.95 Å². The molecule has 0 saturated carbocycles. The minimum absolute atomic E-state index is 0.177. The molecule has 23 heavy (non-hydrogen) atoms. The van der Waals surface area contributed by atoms with Crippen molar-refractivity contribution in [2.24, 2.45) is 5.73 Å². The number of hydrogen-bond acceptors (Lipinski definition) is 10. The first-order chi connectivity index (χ1) is 11.1. The Morgan fingerprint density at radius 2 is 2.09 bits per heavy atom. The second-order valence-electron chi connectivity index (χ2n) is 5.18. The van der Waals surface area contributed by atoms with Crippen LogP contribution in [0.1, 0.15) is 6.23 Å². The zero-order valence-corrected chi connectivity index (χ0v) is 12.2. The van der Waals surface area contributed by atoms with E-state index in [1.807, 2.05) is 0 Å². The van der Waals surface area contributed by atoms with Crippen LogP contribution in [0.25, 0.3) is 11.2 Å². The molecule has 0 bridgehead atoms. The molecule has 0 spiro atoms. The first-order valence-electron chi connectivity index (χ1n) is 7.13. The summed E-state index contributed by atoms with van der Waals surface area (Å²) >= 11 is 0. The van der Waals surface area contributed by atoms with Gasteiger partial charge in [-0.25, -0.2) is 15.0 Å². The van der Waals surface area contributed by atoms with Crippen LogP contribution in [0.2, 0.25) is 0 Å². The molecule has 0 unspecified atom stereocenters. The fraction of sp³-hybridized carbons (Fsp3) is 0.583. The zero-order chi connectivity index (χ0) is 16.6. The normalized spacial score (nSPS) is 27.7. The van der Waals surface area contributed by atoms with E-state index in [0.29, 0.717) is 30.2 Å². The van der Waals surface area contributed by atoms with Gasteiger partial charge < -0.3 is 36.8 Å². The smallest absolute Gasteiger partial charge is 0.207 e. The van der Waals surface area contributed by atoms with Crippen molar-refractivity contribution in [3.8, 4) is 0 Å². The van der Waals surface area contributed by atoms with Gasteiger partial charge in [0.1, 0.15) is 24.6 Å². The standard InChI is InChI=1S/C12H19N7O4/c13-1-2-15-12-18-6-9(14)16-4-17-10(6)19(12)11-8(22)7(21)5(3-20)23-11/h4-5,7-8,11,20-22H,1-3,13H2,(H,15,18)(H2,14,16,17)/t5-,7+,8-,11-/m1/s1. The Morgan fingerprint density at radius 1 is 1.30 bits per heavy atom. The third-order valence-electron chi connectivity index (χ3n) is 3.70. The van der Waals surface area contributed by atoms with E-state index >= 15 is 0 Å². The lowest BCUT2D eigenvalue weighted by atomic mass is 10.1. The number of ether oxygens (including phenoxy) is 1. The van der Waals surface area contributed by atoms with Crippen LogP contribution in [0.3, 0.4) is 0 Å². The minimum atomic E-state index is -1.26. The molecule has 1 saturated heterocycles. The second-order valence-corrected chi connectivity index (χ2v) is 5.18. The lowest BCUT2D eigenvalue weighted by Crippen LogP contribution is -2.33. The average Bonchev–Trinajstić information content (AvgIpc) is 3.05. The van der Waals surface area contributed by atoms with Crippen LogP contribution in [-0.4, -0.2) is 72.8 Å². The van der Waals surface area contributed by atoms with E-state index in [2.05, 4.69) is 20.3 Å². The Labute approximate surface area is 130 Å². The fourth-order valence-corrected chi connectivity index (χ4v) is 2.57. The van der Waals surface area contributed by atoms with Gasteiger partial charge in [0.15, 0.2) is 23.2 Å². The average molecular weight is 325 g/mol. The molecule has 11 heteroatoms. The van der Waals surface area contributed by atoms with E-state index in [9.17, 15) is 15.3 Å². The minimum Gasteiger partial charge on any atom is -0.394 e. The summed E-state index contributed by atoms with van der Waals surface area (Å²) in [7, 11) is 0. The molecule has 0 aliphatic carbocycles. The highest BCUT2D eigenvalue weighted by Crippen LogP contribution is 2.34. The van der Waals surface area contributed by atoms with Crippen LogP contribution in [0.5, 0.6) is 0 Å². The largest absolute Gasteiger partial charge is 0.394 e. The fourth-order valence-electron chi connectivity index (χ4n) is 2.57. The molecular weight excluding hydrogens is 306 g/mol. The summed E-state index contributed by atoms with van der Waals surface area (Å²) < 4.78 is 7.03. The summed E-state index contributed by atoms with van der Waals surface area (Å²) in [5.74, 6) is 0.504. The highest BCUT2D eigenvalue weighted by Gasteiger charge is 2.45. The lowest BCUT2D eigenvalue weighted by Gasteiger charge is -2.19. The molecule has 3 rings (SSSR count). The number of nitrogens with two attached hydrogens (primary N) is 2. The van der Waals surface area contributed by atoms with E-state index in [-0.39, 0.29) is 5.82 Å². The van der Waals surface area contributed by atoms with E-state index in [0.717, 1.165) is 0 Å². The quantitative estimate of drug-likeness (QED) is 0.341. The van der Waals surface area contributed by atoms with E-state index in [4.69, 9.17) is 16.2 Å². The molecule has 1 aliphatic rings. The molecule has 126 valence electrons. The topological polar surface area (TPSA) is 178 Å². The number of anilines is 2. The Morgan fingerprint density at radius 3 is 2.74 bits per heavy atom. The number of aliphatic hydroxyl groups is 3. The van der Waals surface area contributed by atoms with Crippen LogP contribution in [0.15, 0.2) is 6.33 Å². The number of rotatable bonds is 5. The molecule has 11 nitrogen and oxygen atoms in total. The molecule has 3 heterocycles. The summed E-state index contributed by atoms with van der Waals surface area (Å²) in [5, 5.41) is 32.4. The van der Waals surface area contributed by atoms with Crippen molar-refractivity contribution in [1.29, 1.82) is 0 Å². The molecule has 2 aromatic rings. The number of imidazole rings is 1. The molecule has 0 amide bonds. The van der Waals surface area contributed by atoms with E-state index < -0.39 is 31.1 Å². The Kier molecular flexibility index (Phi) is 4.28. The van der Waals surface area contributed by atoms with Crippen molar-refractivity contribution >= 4 is 22.9 Å². The van der Waals surface area contributed by atoms with Gasteiger partial charge in [0.25, 0.3) is 0 Å². The third-order valence-corrected chi connectivity index (χ3v) is 3.70. The van der Waals surface area contributed by atoms with Crippen molar-refractivity contribution in [3.63, 3.8) is 0 Å². The summed E-state index contributed by atoms with van der Waals surface area (Å²) in [6.45, 7) is 0.357. The molecule has 0 radical (unpaired) electrons. The maximum absolute atomic E-state index is 10.2. The predicted octanol–water partition coefficient (Wildman–Crippen LogP) is -2.61. The van der Waals surface area contributed by atoms with Gasteiger partial charge in [-0.2, -0.15) is 0 Å². The van der Waals surface area contributed by atoms with Crippen LogP contribution in [0.4, 0.5) is 11.8 Å². The number of nitrogens with zero attached hydrogens (tertiary/aromatic N) is 4. The van der Waals surface area contributed by atoms with Crippen LogP contribution in [0, 0.1) is 0 Å². The number of hydrogen-bond donors (Lipinski definition) is 6. The molecule has 8 N–H and O–H groups in total. The third kappa shape index (κ3) is 2.58. The first kappa shape index (κ1) is 15.8. The highest BCUT2D eigenvalue weighted by atomic mass is 16.6. The van der Waals surface area contributed by atoms with Gasteiger partial charge in [0.05, 0.1) is 6.61 Å². The highest BCUT2D eigenvalue weighted by molar-refractivity contribution is 5.84. The maximum atomic E-state index is 10.2. The molecule has 4 atom stereocenters. The first-order valence-corrected chi connectivity index (χ1v) is 7.13. The molecule has 1 fully saturated rings. The predicted molar refractivity (Wildman–Crippen MR) is 80.3 cm³/mol. The van der Waals surface area contributed by atoms with Gasteiger partial charge in [0, 0.05) is 13.1 Å². The van der Waals surface area contributed by atoms with Crippen molar-refractivity contribution in [1.82, 2.24) is 19.5 Å². The number of nitrogens with one attached hydrogen (secondary N) is 1. The van der Waals surface area contributed by atoms with Gasteiger partial charge in [-0.05, 0) is 0 Å². The molecule has 1 aliphatic heterocycles. The summed E-state index contributed by atoms with van der Waals surface area (Å²) in [5.41, 5.74) is 12.0. The summed E-state index contributed by atoms with van der Waals surface area (Å²) in [6.07, 6.45) is -3.12. The lowest BCUT2D eigenvalue weighted by molar-refractivity contribution is -0.0501. The number of nitrogen functional groups attached to an aromatic ring is 1.